The summed E-state index contributed by atoms with van der Waals surface area (Å²) >= 11 is 0. The number of aryl methyl sites for hydroxylation is 2. The number of hydrogen-bond donors (Lipinski definition) is 1. The molecule has 35 heavy (non-hydrogen) atoms. The van der Waals surface area contributed by atoms with Crippen molar-refractivity contribution in [3.63, 3.8) is 0 Å². The van der Waals surface area contributed by atoms with Gasteiger partial charge in [-0.05, 0) is 73.5 Å². The fraction of sp³-hybridized carbons (Fsp3) is 0.111. The van der Waals surface area contributed by atoms with Crippen LogP contribution in [0.2, 0.25) is 0 Å². The number of carbonyl (C=O) groups excluding carboxylic acids is 2. The number of aromatic amines is 1. The normalized spacial score (nSPS) is 13.2. The molecule has 0 bridgehead atoms. The van der Waals surface area contributed by atoms with Gasteiger partial charge in [-0.25, -0.2) is 9.07 Å². The molecule has 3 aromatic carbocycles. The summed E-state index contributed by atoms with van der Waals surface area (Å²) in [5.74, 6) is -1.02. The van der Waals surface area contributed by atoms with E-state index in [-0.39, 0.29) is 29.7 Å². The van der Waals surface area contributed by atoms with Crippen molar-refractivity contribution < 1.29 is 14.0 Å². The number of aromatic nitrogens is 2. The van der Waals surface area contributed by atoms with E-state index in [0.29, 0.717) is 33.8 Å². The Kier molecular flexibility index (Phi) is 5.49. The summed E-state index contributed by atoms with van der Waals surface area (Å²) in [7, 11) is 0. The maximum atomic E-state index is 13.2. The van der Waals surface area contributed by atoms with E-state index in [2.05, 4.69) is 10.1 Å². The Morgan fingerprint density at radius 2 is 1.57 bits per heavy atom. The van der Waals surface area contributed by atoms with E-state index in [9.17, 15) is 18.8 Å². The molecule has 2 amide bonds. The Morgan fingerprint density at radius 3 is 2.23 bits per heavy atom. The molecule has 2 heterocycles. The van der Waals surface area contributed by atoms with Crippen molar-refractivity contribution in [3.8, 4) is 5.69 Å². The first-order chi connectivity index (χ1) is 16.8. The Labute approximate surface area is 200 Å². The second-order valence-corrected chi connectivity index (χ2v) is 8.38. The van der Waals surface area contributed by atoms with Crippen molar-refractivity contribution in [2.45, 2.75) is 20.4 Å². The lowest BCUT2D eigenvalue weighted by atomic mass is 10.1. The van der Waals surface area contributed by atoms with Gasteiger partial charge in [0.2, 0.25) is 0 Å². The summed E-state index contributed by atoms with van der Waals surface area (Å²) < 4.78 is 14.6. The third-order valence-electron chi connectivity index (χ3n) is 6.08. The lowest BCUT2D eigenvalue weighted by molar-refractivity contribution is 0.0642. The van der Waals surface area contributed by atoms with Crippen molar-refractivity contribution in [2.24, 2.45) is 4.99 Å². The minimum atomic E-state index is -0.386. The lowest BCUT2D eigenvalue weighted by Crippen LogP contribution is -2.29. The highest BCUT2D eigenvalue weighted by Gasteiger charge is 2.35. The minimum absolute atomic E-state index is 0.127. The average Bonchev–Trinajstić information content (AvgIpc) is 3.27. The Hall–Kier alpha value is -4.59. The van der Waals surface area contributed by atoms with E-state index in [1.54, 1.807) is 43.3 Å². The van der Waals surface area contributed by atoms with Crippen LogP contribution in [0.5, 0.6) is 0 Å². The first kappa shape index (κ1) is 22.2. The zero-order valence-electron chi connectivity index (χ0n) is 19.1. The average molecular weight is 468 g/mol. The summed E-state index contributed by atoms with van der Waals surface area (Å²) in [6, 6.07) is 17.8. The molecule has 7 nitrogen and oxygen atoms in total. The molecular formula is C27H21FN4O3. The van der Waals surface area contributed by atoms with Gasteiger partial charge in [0.15, 0.2) is 0 Å². The van der Waals surface area contributed by atoms with Crippen LogP contribution in [-0.2, 0) is 6.54 Å². The molecule has 1 aromatic heterocycles. The van der Waals surface area contributed by atoms with Crippen molar-refractivity contribution in [2.75, 3.05) is 0 Å². The Bertz CT molecular complexity index is 1530. The number of H-pyrrole nitrogens is 1. The number of amides is 2. The van der Waals surface area contributed by atoms with Gasteiger partial charge >= 0.3 is 0 Å². The third-order valence-corrected chi connectivity index (χ3v) is 6.08. The number of imide groups is 1. The van der Waals surface area contributed by atoms with E-state index >= 15 is 0 Å². The number of nitrogens with zero attached hydrogens (tertiary/aromatic N) is 3. The molecule has 0 aliphatic carbocycles. The van der Waals surface area contributed by atoms with Crippen molar-refractivity contribution in [1.29, 1.82) is 0 Å². The van der Waals surface area contributed by atoms with Crippen LogP contribution in [0, 0.1) is 19.7 Å². The molecule has 0 spiro atoms. The van der Waals surface area contributed by atoms with E-state index < -0.39 is 0 Å². The van der Waals surface area contributed by atoms with E-state index in [4.69, 9.17) is 0 Å². The molecule has 0 unspecified atom stereocenters. The lowest BCUT2D eigenvalue weighted by Gasteiger charge is -2.16. The zero-order valence-corrected chi connectivity index (χ0v) is 19.1. The molecular weight excluding hydrogens is 447 g/mol. The Balaban J connectivity index is 1.41. The second kappa shape index (κ2) is 8.64. The smallest absolute Gasteiger partial charge is 0.280 e. The van der Waals surface area contributed by atoms with E-state index in [0.717, 1.165) is 11.1 Å². The molecule has 0 saturated heterocycles. The van der Waals surface area contributed by atoms with Gasteiger partial charge in [0, 0.05) is 11.9 Å². The van der Waals surface area contributed by atoms with Crippen LogP contribution in [-0.4, -0.2) is 32.7 Å². The van der Waals surface area contributed by atoms with Gasteiger partial charge in [-0.15, -0.1) is 0 Å². The Morgan fingerprint density at radius 1 is 0.914 bits per heavy atom. The maximum Gasteiger partial charge on any atom is 0.280 e. The predicted molar refractivity (Wildman–Crippen MR) is 130 cm³/mol. The summed E-state index contributed by atoms with van der Waals surface area (Å²) in [6.07, 6.45) is 1.48. The fourth-order valence-corrected chi connectivity index (χ4v) is 4.08. The molecule has 0 saturated carbocycles. The number of hydrogen-bond acceptors (Lipinski definition) is 4. The molecule has 1 aliphatic rings. The molecule has 174 valence electrons. The van der Waals surface area contributed by atoms with Gasteiger partial charge in [-0.1, -0.05) is 18.2 Å². The van der Waals surface area contributed by atoms with E-state index in [1.807, 2.05) is 13.0 Å². The largest absolute Gasteiger partial charge is 0.295 e. The van der Waals surface area contributed by atoms with Gasteiger partial charge in [0.05, 0.1) is 34.6 Å². The highest BCUT2D eigenvalue weighted by Crippen LogP contribution is 2.26. The van der Waals surface area contributed by atoms with Crippen molar-refractivity contribution >= 4 is 23.7 Å². The zero-order chi connectivity index (χ0) is 24.7. The minimum Gasteiger partial charge on any atom is -0.295 e. The molecule has 0 atom stereocenters. The summed E-state index contributed by atoms with van der Waals surface area (Å²) in [5.41, 5.74) is 4.28. The van der Waals surface area contributed by atoms with Crippen LogP contribution in [0.4, 0.5) is 10.1 Å². The molecule has 1 aliphatic heterocycles. The van der Waals surface area contributed by atoms with Crippen molar-refractivity contribution in [1.82, 2.24) is 14.7 Å². The second-order valence-electron chi connectivity index (χ2n) is 8.38. The van der Waals surface area contributed by atoms with Gasteiger partial charge in [0.1, 0.15) is 5.82 Å². The van der Waals surface area contributed by atoms with Gasteiger partial charge in [0.25, 0.3) is 17.4 Å². The van der Waals surface area contributed by atoms with Crippen molar-refractivity contribution in [3.05, 3.63) is 116 Å². The van der Waals surface area contributed by atoms with Crippen LogP contribution in [0.1, 0.15) is 43.1 Å². The van der Waals surface area contributed by atoms with Gasteiger partial charge in [-0.3, -0.25) is 29.4 Å². The maximum absolute atomic E-state index is 13.2. The quantitative estimate of drug-likeness (QED) is 0.346. The standard InChI is InChI=1S/C27H21FN4O3/c1-16-7-10-20(13-18(16)15-31-25(33)22-5-3-4-6-23(22)26(31)34)29-14-24-17(2)30-32(27(24)35)21-11-8-19(28)9-12-21/h3-14,30H,15H2,1-2H3. The van der Waals surface area contributed by atoms with Crippen LogP contribution >= 0.6 is 0 Å². The molecule has 0 radical (unpaired) electrons. The first-order valence-corrected chi connectivity index (χ1v) is 11.0. The van der Waals surface area contributed by atoms with Crippen LogP contribution < -0.4 is 5.56 Å². The third kappa shape index (κ3) is 3.99. The number of rotatable bonds is 5. The SMILES string of the molecule is Cc1ccc(N=Cc2c(C)[nH]n(-c3ccc(F)cc3)c2=O)cc1CN1C(=O)c2ccccc2C1=O. The number of benzene rings is 3. The van der Waals surface area contributed by atoms with Crippen LogP contribution in [0.25, 0.3) is 5.69 Å². The number of aliphatic imine (C=N–C) groups is 1. The highest BCUT2D eigenvalue weighted by atomic mass is 19.1. The number of fused-ring (bicyclic) bond motifs is 1. The molecule has 4 aromatic rings. The predicted octanol–water partition coefficient (Wildman–Crippen LogP) is 4.47. The van der Waals surface area contributed by atoms with Gasteiger partial charge < -0.3 is 0 Å². The molecule has 1 N–H and O–H groups in total. The number of carbonyl (C=O) groups is 2. The molecule has 0 fully saturated rings. The van der Waals surface area contributed by atoms with Crippen LogP contribution in [0.3, 0.4) is 0 Å². The van der Waals surface area contributed by atoms with E-state index in [1.165, 1.54) is 40.1 Å². The number of nitrogens with one attached hydrogen (secondary N) is 1. The first-order valence-electron chi connectivity index (χ1n) is 11.0. The van der Waals surface area contributed by atoms with Gasteiger partial charge in [-0.2, -0.15) is 0 Å². The summed E-state index contributed by atoms with van der Waals surface area (Å²) in [6.45, 7) is 3.78. The molecule has 5 rings (SSSR count). The number of halogens is 1. The monoisotopic (exact) mass is 468 g/mol. The van der Waals surface area contributed by atoms with Crippen LogP contribution in [0.15, 0.2) is 76.5 Å². The summed E-state index contributed by atoms with van der Waals surface area (Å²) in [4.78, 5) is 44.1. The topological polar surface area (TPSA) is 87.5 Å². The molecule has 8 heteroatoms. The fourth-order valence-electron chi connectivity index (χ4n) is 4.08. The highest BCUT2D eigenvalue weighted by molar-refractivity contribution is 6.21. The summed E-state index contributed by atoms with van der Waals surface area (Å²) in [5, 5.41) is 2.98.